The molecule has 5 nitrogen and oxygen atoms in total. The zero-order valence-electron chi connectivity index (χ0n) is 22.3. The van der Waals surface area contributed by atoms with Crippen LogP contribution in [0.2, 0.25) is 0 Å². The molecule has 4 aliphatic carbocycles. The molecule has 10 atom stereocenters. The first-order valence-electron chi connectivity index (χ1n) is 14.2. The Labute approximate surface area is 207 Å². The Kier molecular flexibility index (Phi) is 7.51. The summed E-state index contributed by atoms with van der Waals surface area (Å²) in [7, 11) is 0. The van der Waals surface area contributed by atoms with E-state index in [1.165, 1.54) is 32.6 Å². The minimum atomic E-state index is -1.18. The average Bonchev–Trinajstić information content (AvgIpc) is 3.15. The lowest BCUT2D eigenvalue weighted by Gasteiger charge is -2.65. The second-order valence-corrected chi connectivity index (χ2v) is 13.4. The number of ether oxygens (including phenoxy) is 1. The van der Waals surface area contributed by atoms with Crippen molar-refractivity contribution in [3.63, 3.8) is 0 Å². The van der Waals surface area contributed by atoms with Gasteiger partial charge in [0.15, 0.2) is 0 Å². The molecule has 4 rings (SSSR count). The van der Waals surface area contributed by atoms with Gasteiger partial charge in [-0.3, -0.25) is 4.79 Å². The van der Waals surface area contributed by atoms with E-state index in [1.54, 1.807) is 0 Å². The van der Waals surface area contributed by atoms with Crippen molar-refractivity contribution >= 4 is 5.97 Å². The molecule has 34 heavy (non-hydrogen) atoms. The number of fused-ring (bicyclic) bond motifs is 5. The van der Waals surface area contributed by atoms with Crippen molar-refractivity contribution in [1.82, 2.24) is 0 Å². The fourth-order valence-corrected chi connectivity index (χ4v) is 9.64. The van der Waals surface area contributed by atoms with Gasteiger partial charge in [-0.25, -0.2) is 0 Å². The van der Waals surface area contributed by atoms with Gasteiger partial charge in [0.25, 0.3) is 0 Å². The molecule has 0 heterocycles. The summed E-state index contributed by atoms with van der Waals surface area (Å²) in [5.41, 5.74) is -1.60. The Morgan fingerprint density at radius 1 is 1.06 bits per heavy atom. The van der Waals surface area contributed by atoms with E-state index in [-0.39, 0.29) is 29.8 Å². The first kappa shape index (κ1) is 26.4. The third kappa shape index (κ3) is 4.16. The van der Waals surface area contributed by atoms with Crippen LogP contribution < -0.4 is 0 Å². The minimum Gasteiger partial charge on any atom is -0.459 e. The van der Waals surface area contributed by atoms with E-state index in [9.17, 15) is 20.1 Å². The number of hydrogen-bond donors (Lipinski definition) is 3. The summed E-state index contributed by atoms with van der Waals surface area (Å²) in [6, 6.07) is 0. The van der Waals surface area contributed by atoms with E-state index in [0.29, 0.717) is 42.4 Å². The van der Waals surface area contributed by atoms with Crippen molar-refractivity contribution in [3.8, 4) is 0 Å². The zero-order chi connectivity index (χ0) is 24.9. The molecule has 0 aromatic heterocycles. The highest BCUT2D eigenvalue weighted by atomic mass is 16.6. The maximum Gasteiger partial charge on any atom is 0.303 e. The van der Waals surface area contributed by atoms with Gasteiger partial charge in [-0.05, 0) is 85.9 Å². The molecule has 0 aromatic rings. The fraction of sp³-hybridized carbons (Fsp3) is 0.966. The van der Waals surface area contributed by atoms with Crippen molar-refractivity contribution < 1.29 is 24.9 Å². The summed E-state index contributed by atoms with van der Waals surface area (Å²) in [5.74, 6) is 2.64. The highest BCUT2D eigenvalue weighted by Gasteiger charge is 2.69. The van der Waals surface area contributed by atoms with Crippen molar-refractivity contribution in [2.45, 2.75) is 123 Å². The van der Waals surface area contributed by atoms with E-state index in [1.807, 2.05) is 0 Å². The number of hydrogen-bond acceptors (Lipinski definition) is 5. The SMILES string of the molecule is CC(=O)OC1CC2C3CCC(C(C)CCCC(C)C)C3(CO)CCC2C2(C)CCC(O)CC12O. The van der Waals surface area contributed by atoms with Crippen LogP contribution in [0.25, 0.3) is 0 Å². The lowest BCUT2D eigenvalue weighted by Crippen LogP contribution is -2.69. The maximum absolute atomic E-state index is 12.1. The normalized spacial score (nSPS) is 47.0. The number of carbonyl (C=O) groups is 1. The monoisotopic (exact) mass is 478 g/mol. The second kappa shape index (κ2) is 9.67. The molecule has 4 fully saturated rings. The Morgan fingerprint density at radius 2 is 1.79 bits per heavy atom. The molecule has 3 N–H and O–H groups in total. The summed E-state index contributed by atoms with van der Waals surface area (Å²) in [5, 5.41) is 33.4. The number of carbonyl (C=O) groups excluding carboxylic acids is 1. The molecule has 0 amide bonds. The number of rotatable bonds is 7. The molecule has 5 heteroatoms. The fourth-order valence-electron chi connectivity index (χ4n) is 9.64. The van der Waals surface area contributed by atoms with Gasteiger partial charge in [-0.1, -0.05) is 47.0 Å². The van der Waals surface area contributed by atoms with Gasteiger partial charge in [-0.15, -0.1) is 0 Å². The summed E-state index contributed by atoms with van der Waals surface area (Å²) < 4.78 is 5.83. The average molecular weight is 479 g/mol. The summed E-state index contributed by atoms with van der Waals surface area (Å²) in [6.45, 7) is 10.9. The topological polar surface area (TPSA) is 87.0 Å². The lowest BCUT2D eigenvalue weighted by molar-refractivity contribution is -0.271. The van der Waals surface area contributed by atoms with Crippen LogP contribution >= 0.6 is 0 Å². The van der Waals surface area contributed by atoms with Gasteiger partial charge in [0.1, 0.15) is 11.7 Å². The van der Waals surface area contributed by atoms with E-state index < -0.39 is 17.8 Å². The maximum atomic E-state index is 12.1. The predicted octanol–water partition coefficient (Wildman–Crippen LogP) is 5.10. The lowest BCUT2D eigenvalue weighted by atomic mass is 9.42. The zero-order valence-corrected chi connectivity index (χ0v) is 22.3. The molecule has 10 unspecified atom stereocenters. The molecule has 0 spiro atoms. The van der Waals surface area contributed by atoms with Crippen LogP contribution in [0.3, 0.4) is 0 Å². The van der Waals surface area contributed by atoms with E-state index >= 15 is 0 Å². The number of esters is 1. The van der Waals surface area contributed by atoms with Crippen molar-refractivity contribution in [2.24, 2.45) is 46.3 Å². The Balaban J connectivity index is 1.62. The van der Waals surface area contributed by atoms with Crippen LogP contribution in [0.4, 0.5) is 0 Å². The third-order valence-corrected chi connectivity index (χ3v) is 11.3. The number of aliphatic hydroxyl groups excluding tert-OH is 2. The van der Waals surface area contributed by atoms with Gasteiger partial charge in [0.05, 0.1) is 6.10 Å². The second-order valence-electron chi connectivity index (χ2n) is 13.4. The van der Waals surface area contributed by atoms with Gasteiger partial charge < -0.3 is 20.1 Å². The molecular weight excluding hydrogens is 428 g/mol. The van der Waals surface area contributed by atoms with Crippen LogP contribution in [0.5, 0.6) is 0 Å². The quantitative estimate of drug-likeness (QED) is 0.443. The van der Waals surface area contributed by atoms with Gasteiger partial charge >= 0.3 is 5.97 Å². The van der Waals surface area contributed by atoms with E-state index in [0.717, 1.165) is 31.6 Å². The van der Waals surface area contributed by atoms with Crippen molar-refractivity contribution in [3.05, 3.63) is 0 Å². The molecule has 4 saturated carbocycles. The molecule has 0 aromatic carbocycles. The van der Waals surface area contributed by atoms with Gasteiger partial charge in [0.2, 0.25) is 0 Å². The Hall–Kier alpha value is -0.650. The molecule has 4 aliphatic rings. The highest BCUT2D eigenvalue weighted by Crippen LogP contribution is 2.69. The van der Waals surface area contributed by atoms with Crippen LogP contribution in [0.1, 0.15) is 105 Å². The smallest absolute Gasteiger partial charge is 0.303 e. The highest BCUT2D eigenvalue weighted by molar-refractivity contribution is 5.66. The molecule has 0 bridgehead atoms. The third-order valence-electron chi connectivity index (χ3n) is 11.3. The first-order valence-corrected chi connectivity index (χ1v) is 14.2. The van der Waals surface area contributed by atoms with Crippen molar-refractivity contribution in [1.29, 1.82) is 0 Å². The summed E-state index contributed by atoms with van der Waals surface area (Å²) >= 11 is 0. The van der Waals surface area contributed by atoms with Gasteiger partial charge in [0, 0.05) is 25.4 Å². The van der Waals surface area contributed by atoms with Crippen LogP contribution in [-0.2, 0) is 9.53 Å². The summed E-state index contributed by atoms with van der Waals surface area (Å²) in [4.78, 5) is 12.1. The molecular formula is C29H50O5. The molecule has 196 valence electrons. The van der Waals surface area contributed by atoms with Crippen molar-refractivity contribution in [2.75, 3.05) is 6.61 Å². The first-order chi connectivity index (χ1) is 16.0. The van der Waals surface area contributed by atoms with Crippen LogP contribution in [0.15, 0.2) is 0 Å². The van der Waals surface area contributed by atoms with E-state index in [2.05, 4.69) is 27.7 Å². The summed E-state index contributed by atoms with van der Waals surface area (Å²) in [6.07, 6.45) is 9.38. The van der Waals surface area contributed by atoms with Gasteiger partial charge in [-0.2, -0.15) is 0 Å². The standard InChI is InChI=1S/C29H50O5/c1-18(2)7-6-8-19(3)23-9-10-25-22-15-26(34-20(4)31)29(33)16-21(32)11-13-27(29,5)24(22)12-14-28(23,25)17-30/h18-19,21-26,30,32-33H,6-17H2,1-5H3. The Bertz CT molecular complexity index is 738. The Morgan fingerprint density at radius 3 is 2.44 bits per heavy atom. The molecule has 0 saturated heterocycles. The van der Waals surface area contributed by atoms with E-state index in [4.69, 9.17) is 4.74 Å². The largest absolute Gasteiger partial charge is 0.459 e. The van der Waals surface area contributed by atoms with Crippen LogP contribution in [0, 0.1) is 46.3 Å². The molecule has 0 radical (unpaired) electrons. The molecule has 0 aliphatic heterocycles. The predicted molar refractivity (Wildman–Crippen MR) is 133 cm³/mol. The van der Waals surface area contributed by atoms with Crippen LogP contribution in [-0.4, -0.2) is 45.7 Å². The minimum absolute atomic E-state index is 0.0425. The number of aliphatic hydroxyl groups is 3.